The van der Waals surface area contributed by atoms with Crippen LogP contribution in [0.2, 0.25) is 0 Å². The van der Waals surface area contributed by atoms with Crippen molar-refractivity contribution in [2.24, 2.45) is 0 Å². The molecule has 0 fully saturated rings. The number of likely N-dealkylation sites (N-methyl/N-ethyl adjacent to an activating group) is 1. The third-order valence-corrected chi connectivity index (χ3v) is 4.08. The molecule has 0 spiro atoms. The Morgan fingerprint density at radius 2 is 2.04 bits per heavy atom. The van der Waals surface area contributed by atoms with Gasteiger partial charge in [0.05, 0.1) is 23.7 Å². The molecule has 1 heterocycles. The lowest BCUT2D eigenvalue weighted by Gasteiger charge is -2.34. The summed E-state index contributed by atoms with van der Waals surface area (Å²) in [4.78, 5) is 36.5. The zero-order valence-electron chi connectivity index (χ0n) is 14.5. The summed E-state index contributed by atoms with van der Waals surface area (Å²) in [6.45, 7) is 0.176. The number of fused-ring (bicyclic) bond motifs is 1. The minimum absolute atomic E-state index is 0.0312. The molecular formula is C18H18N4O5. The smallest absolute Gasteiger partial charge is 0.271 e. The average molecular weight is 370 g/mol. The van der Waals surface area contributed by atoms with E-state index in [4.69, 9.17) is 4.74 Å². The van der Waals surface area contributed by atoms with Gasteiger partial charge in [0.2, 0.25) is 5.91 Å². The second-order valence-corrected chi connectivity index (χ2v) is 5.92. The first-order valence-corrected chi connectivity index (χ1v) is 8.24. The van der Waals surface area contributed by atoms with Crippen LogP contribution in [-0.4, -0.2) is 43.0 Å². The number of benzene rings is 2. The van der Waals surface area contributed by atoms with Crippen LogP contribution in [0.25, 0.3) is 0 Å². The van der Waals surface area contributed by atoms with Crippen molar-refractivity contribution < 1.29 is 19.2 Å². The van der Waals surface area contributed by atoms with Gasteiger partial charge in [0.25, 0.3) is 11.6 Å². The Labute approximate surface area is 155 Å². The third-order valence-electron chi connectivity index (χ3n) is 4.08. The maximum atomic E-state index is 12.5. The first kappa shape index (κ1) is 18.2. The van der Waals surface area contributed by atoms with Gasteiger partial charge in [-0.15, -0.1) is 0 Å². The highest BCUT2D eigenvalue weighted by Crippen LogP contribution is 2.33. The van der Waals surface area contributed by atoms with Crippen LogP contribution in [0, 0.1) is 10.1 Å². The van der Waals surface area contributed by atoms with E-state index in [9.17, 15) is 19.7 Å². The summed E-state index contributed by atoms with van der Waals surface area (Å²) in [6, 6.07) is 12.8. The molecule has 9 heteroatoms. The number of ether oxygens (including phenoxy) is 1. The van der Waals surface area contributed by atoms with Crippen LogP contribution in [-0.2, 0) is 9.59 Å². The Hall–Kier alpha value is -3.62. The molecule has 2 amide bonds. The van der Waals surface area contributed by atoms with E-state index in [0.29, 0.717) is 17.1 Å². The van der Waals surface area contributed by atoms with Crippen LogP contribution in [0.3, 0.4) is 0 Å². The number of non-ortho nitro benzene ring substituents is 1. The Kier molecular flexibility index (Phi) is 5.20. The summed E-state index contributed by atoms with van der Waals surface area (Å²) < 4.78 is 5.70. The summed E-state index contributed by atoms with van der Waals surface area (Å²) in [5.74, 6) is -0.128. The average Bonchev–Trinajstić information content (AvgIpc) is 2.67. The minimum atomic E-state index is -0.740. The van der Waals surface area contributed by atoms with E-state index in [1.165, 1.54) is 25.2 Å². The number of hydrogen-bond acceptors (Lipinski definition) is 6. The summed E-state index contributed by atoms with van der Waals surface area (Å²) >= 11 is 0. The summed E-state index contributed by atoms with van der Waals surface area (Å²) in [7, 11) is 1.52. The van der Waals surface area contributed by atoms with Crippen molar-refractivity contribution in [2.45, 2.75) is 6.10 Å². The molecule has 0 radical (unpaired) electrons. The molecule has 2 aromatic carbocycles. The lowest BCUT2D eigenvalue weighted by molar-refractivity contribution is -0.384. The molecule has 0 bridgehead atoms. The van der Waals surface area contributed by atoms with Gasteiger partial charge in [0, 0.05) is 24.9 Å². The first-order chi connectivity index (χ1) is 13.0. The number of nitro benzene ring substituents is 1. The molecule has 2 N–H and O–H groups in total. The number of para-hydroxylation sites is 2. The number of carbonyl (C=O) groups excluding carboxylic acids is 2. The lowest BCUT2D eigenvalue weighted by atomic mass is 10.1. The number of carbonyl (C=O) groups is 2. The van der Waals surface area contributed by atoms with Crippen molar-refractivity contribution in [3.63, 3.8) is 0 Å². The van der Waals surface area contributed by atoms with E-state index < -0.39 is 11.0 Å². The van der Waals surface area contributed by atoms with Crippen LogP contribution in [0.4, 0.5) is 17.1 Å². The van der Waals surface area contributed by atoms with E-state index in [1.807, 2.05) is 6.07 Å². The predicted molar refractivity (Wildman–Crippen MR) is 98.9 cm³/mol. The van der Waals surface area contributed by atoms with Crippen molar-refractivity contribution in [1.29, 1.82) is 0 Å². The monoisotopic (exact) mass is 370 g/mol. The zero-order valence-corrected chi connectivity index (χ0v) is 14.5. The Morgan fingerprint density at radius 3 is 2.78 bits per heavy atom. The van der Waals surface area contributed by atoms with Gasteiger partial charge in [-0.05, 0) is 18.2 Å². The fraction of sp³-hybridized carbons (Fsp3) is 0.222. The van der Waals surface area contributed by atoms with Crippen molar-refractivity contribution in [2.75, 3.05) is 30.4 Å². The van der Waals surface area contributed by atoms with Gasteiger partial charge in [-0.1, -0.05) is 18.2 Å². The molecule has 2 aromatic rings. The molecule has 0 saturated heterocycles. The molecule has 27 heavy (non-hydrogen) atoms. The topological polar surface area (TPSA) is 114 Å². The van der Waals surface area contributed by atoms with Crippen LogP contribution in [0.5, 0.6) is 5.75 Å². The zero-order chi connectivity index (χ0) is 19.4. The van der Waals surface area contributed by atoms with Crippen molar-refractivity contribution in [3.8, 4) is 5.75 Å². The standard InChI is InChI=1S/C18H18N4O5/c1-19-18(24)16-10-21(14-7-2-3-8-15(14)27-16)11-17(23)20-12-5-4-6-13(9-12)22(25)26/h2-9,16H,10-11H2,1H3,(H,19,24)(H,20,23)/t16-/m0/s1. The van der Waals surface area contributed by atoms with Crippen LogP contribution >= 0.6 is 0 Å². The first-order valence-electron chi connectivity index (χ1n) is 8.24. The van der Waals surface area contributed by atoms with Crippen LogP contribution in [0.15, 0.2) is 48.5 Å². The molecule has 1 atom stereocenters. The largest absolute Gasteiger partial charge is 0.477 e. The van der Waals surface area contributed by atoms with Crippen molar-refractivity contribution >= 4 is 28.9 Å². The fourth-order valence-corrected chi connectivity index (χ4v) is 2.83. The van der Waals surface area contributed by atoms with E-state index in [-0.39, 0.29) is 30.6 Å². The summed E-state index contributed by atoms with van der Waals surface area (Å²) in [5.41, 5.74) is 0.926. The van der Waals surface area contributed by atoms with Gasteiger partial charge in [0.1, 0.15) is 5.75 Å². The molecule has 9 nitrogen and oxygen atoms in total. The highest BCUT2D eigenvalue weighted by Gasteiger charge is 2.31. The van der Waals surface area contributed by atoms with Gasteiger partial charge >= 0.3 is 0 Å². The van der Waals surface area contributed by atoms with Crippen molar-refractivity contribution in [3.05, 3.63) is 58.6 Å². The molecule has 1 aliphatic rings. The second-order valence-electron chi connectivity index (χ2n) is 5.92. The SMILES string of the molecule is CNC(=O)[C@@H]1CN(CC(=O)Nc2cccc([N+](=O)[O-])c2)c2ccccc2O1. The highest BCUT2D eigenvalue weighted by atomic mass is 16.6. The second kappa shape index (κ2) is 7.73. The molecule has 140 valence electrons. The third kappa shape index (κ3) is 4.14. The number of anilines is 2. The van der Waals surface area contributed by atoms with Gasteiger partial charge in [-0.3, -0.25) is 19.7 Å². The molecule has 0 unspecified atom stereocenters. The molecule has 0 aliphatic carbocycles. The van der Waals surface area contributed by atoms with Gasteiger partial charge in [0.15, 0.2) is 6.10 Å². The summed E-state index contributed by atoms with van der Waals surface area (Å²) in [6.07, 6.45) is -0.740. The highest BCUT2D eigenvalue weighted by molar-refractivity contribution is 5.95. The quantitative estimate of drug-likeness (QED) is 0.610. The molecular weight excluding hydrogens is 352 g/mol. The van der Waals surface area contributed by atoms with Crippen LogP contribution < -0.4 is 20.3 Å². The molecule has 1 aliphatic heterocycles. The maximum Gasteiger partial charge on any atom is 0.271 e. The van der Waals surface area contributed by atoms with E-state index in [0.717, 1.165) is 0 Å². The number of hydrogen-bond donors (Lipinski definition) is 2. The Morgan fingerprint density at radius 1 is 1.26 bits per heavy atom. The molecule has 3 rings (SSSR count). The van der Waals surface area contributed by atoms with Gasteiger partial charge in [-0.25, -0.2) is 0 Å². The minimum Gasteiger partial charge on any atom is -0.477 e. The predicted octanol–water partition coefficient (Wildman–Crippen LogP) is 1.55. The number of nitro groups is 1. The molecule has 0 aromatic heterocycles. The fourth-order valence-electron chi connectivity index (χ4n) is 2.83. The van der Waals surface area contributed by atoms with Gasteiger partial charge < -0.3 is 20.3 Å². The lowest BCUT2D eigenvalue weighted by Crippen LogP contribution is -2.50. The number of nitrogens with zero attached hydrogens (tertiary/aromatic N) is 2. The number of amides is 2. The maximum absolute atomic E-state index is 12.5. The normalized spacial score (nSPS) is 15.3. The molecule has 0 saturated carbocycles. The summed E-state index contributed by atoms with van der Waals surface area (Å²) in [5, 5.41) is 16.0. The van der Waals surface area contributed by atoms with E-state index in [2.05, 4.69) is 10.6 Å². The number of nitrogens with one attached hydrogen (secondary N) is 2. The number of rotatable bonds is 5. The Bertz CT molecular complexity index is 886. The van der Waals surface area contributed by atoms with E-state index >= 15 is 0 Å². The van der Waals surface area contributed by atoms with E-state index in [1.54, 1.807) is 29.2 Å². The van der Waals surface area contributed by atoms with Gasteiger partial charge in [-0.2, -0.15) is 0 Å². The van der Waals surface area contributed by atoms with Crippen molar-refractivity contribution in [1.82, 2.24) is 5.32 Å². The Balaban J connectivity index is 1.75. The van der Waals surface area contributed by atoms with Crippen LogP contribution in [0.1, 0.15) is 0 Å².